The molecule has 0 saturated carbocycles. The van der Waals surface area contributed by atoms with Crippen molar-refractivity contribution in [2.24, 2.45) is 5.73 Å². The van der Waals surface area contributed by atoms with E-state index in [2.05, 4.69) is 196 Å². The second-order valence-electron chi connectivity index (χ2n) is 23.3. The maximum atomic E-state index is 12.8. The van der Waals surface area contributed by atoms with Crippen LogP contribution in [0.5, 0.6) is 0 Å². The van der Waals surface area contributed by atoms with Crippen molar-refractivity contribution in [3.05, 3.63) is 182 Å². The fourth-order valence-electron chi connectivity index (χ4n) is 9.52. The molecule has 2 atom stereocenters. The summed E-state index contributed by atoms with van der Waals surface area (Å²) < 4.78 is 33.2. The van der Waals surface area contributed by atoms with E-state index in [0.29, 0.717) is 6.42 Å². The lowest BCUT2D eigenvalue weighted by molar-refractivity contribution is -0.161. The fourth-order valence-corrected chi connectivity index (χ4v) is 10.3. The van der Waals surface area contributed by atoms with E-state index >= 15 is 0 Å². The van der Waals surface area contributed by atoms with Gasteiger partial charge in [-0.05, 0) is 135 Å². The van der Waals surface area contributed by atoms with Gasteiger partial charge in [-0.15, -0.1) is 0 Å². The number of esters is 2. The Labute approximate surface area is 558 Å². The second kappa shape index (κ2) is 74.2. The lowest BCUT2D eigenvalue weighted by Crippen LogP contribution is -2.29. The minimum atomic E-state index is -4.41. The van der Waals surface area contributed by atoms with E-state index < -0.39 is 26.5 Å². The first-order valence-corrected chi connectivity index (χ1v) is 37.8. The molecule has 91 heavy (non-hydrogen) atoms. The zero-order valence-electron chi connectivity index (χ0n) is 57.8. The van der Waals surface area contributed by atoms with Gasteiger partial charge in [-0.2, -0.15) is 0 Å². The molecule has 3 N–H and O–H groups in total. The summed E-state index contributed by atoms with van der Waals surface area (Å²) in [6.07, 6.45) is 111. The Morgan fingerprint density at radius 2 is 0.571 bits per heavy atom. The third-order valence-electron chi connectivity index (χ3n) is 14.8. The van der Waals surface area contributed by atoms with Crippen LogP contribution in [-0.4, -0.2) is 49.3 Å². The molecular weight excluding hydrogens is 1150 g/mol. The van der Waals surface area contributed by atoms with Crippen LogP contribution in [0.2, 0.25) is 0 Å². The van der Waals surface area contributed by atoms with Crippen LogP contribution in [0.4, 0.5) is 0 Å². The van der Waals surface area contributed by atoms with E-state index in [1.165, 1.54) is 103 Å². The molecule has 9 nitrogen and oxygen atoms in total. The molecule has 0 saturated heterocycles. The number of phosphoric ester groups is 1. The number of phosphoric acid groups is 1. The van der Waals surface area contributed by atoms with Gasteiger partial charge in [0, 0.05) is 19.4 Å². The Balaban J connectivity index is 3.95. The summed E-state index contributed by atoms with van der Waals surface area (Å²) in [5.74, 6) is -0.855. The van der Waals surface area contributed by atoms with Crippen molar-refractivity contribution in [2.45, 2.75) is 290 Å². The number of hydrogen-bond donors (Lipinski definition) is 2. The van der Waals surface area contributed by atoms with Crippen molar-refractivity contribution in [2.75, 3.05) is 26.4 Å². The van der Waals surface area contributed by atoms with Crippen LogP contribution < -0.4 is 5.73 Å². The smallest absolute Gasteiger partial charge is 0.462 e. The average molecular weight is 1280 g/mol. The van der Waals surface area contributed by atoms with Crippen molar-refractivity contribution < 1.29 is 37.6 Å². The van der Waals surface area contributed by atoms with Gasteiger partial charge in [0.05, 0.1) is 13.2 Å². The molecule has 0 spiro atoms. The quantitative estimate of drug-likeness (QED) is 0.0264. The first-order valence-electron chi connectivity index (χ1n) is 36.3. The summed E-state index contributed by atoms with van der Waals surface area (Å²) in [6.45, 7) is 3.49. The van der Waals surface area contributed by atoms with Crippen LogP contribution in [0.25, 0.3) is 0 Å². The molecule has 0 heterocycles. The van der Waals surface area contributed by atoms with E-state index in [1.807, 2.05) is 0 Å². The molecule has 0 aliphatic heterocycles. The third kappa shape index (κ3) is 74.0. The predicted molar refractivity (Wildman–Crippen MR) is 394 cm³/mol. The van der Waals surface area contributed by atoms with Gasteiger partial charge in [-0.25, -0.2) is 4.57 Å². The van der Waals surface area contributed by atoms with Gasteiger partial charge < -0.3 is 20.1 Å². The molecule has 0 aliphatic rings. The van der Waals surface area contributed by atoms with E-state index in [4.69, 9.17) is 24.3 Å². The highest BCUT2D eigenvalue weighted by Crippen LogP contribution is 2.43. The molecule has 0 aromatic rings. The first-order chi connectivity index (χ1) is 44.8. The molecule has 0 bridgehead atoms. The van der Waals surface area contributed by atoms with Crippen molar-refractivity contribution in [1.29, 1.82) is 0 Å². The summed E-state index contributed by atoms with van der Waals surface area (Å²) >= 11 is 0. The van der Waals surface area contributed by atoms with Crippen LogP contribution >= 0.6 is 7.82 Å². The second-order valence-corrected chi connectivity index (χ2v) is 24.8. The Hall–Kier alpha value is -4.89. The van der Waals surface area contributed by atoms with Gasteiger partial charge in [-0.1, -0.05) is 318 Å². The van der Waals surface area contributed by atoms with Crippen LogP contribution in [0.3, 0.4) is 0 Å². The van der Waals surface area contributed by atoms with Crippen molar-refractivity contribution in [1.82, 2.24) is 0 Å². The van der Waals surface area contributed by atoms with Crippen LogP contribution in [0.1, 0.15) is 284 Å². The van der Waals surface area contributed by atoms with Crippen molar-refractivity contribution in [3.8, 4) is 0 Å². The van der Waals surface area contributed by atoms with Gasteiger partial charge >= 0.3 is 19.8 Å². The van der Waals surface area contributed by atoms with Gasteiger partial charge in [0.2, 0.25) is 0 Å². The van der Waals surface area contributed by atoms with Crippen molar-refractivity contribution >= 4 is 19.8 Å². The summed E-state index contributed by atoms with van der Waals surface area (Å²) in [5.41, 5.74) is 5.40. The van der Waals surface area contributed by atoms with Crippen LogP contribution in [-0.2, 0) is 32.7 Å². The minimum Gasteiger partial charge on any atom is -0.462 e. The maximum absolute atomic E-state index is 12.8. The minimum absolute atomic E-state index is 0.0418. The number of ether oxygens (including phenoxy) is 2. The third-order valence-corrected chi connectivity index (χ3v) is 15.8. The van der Waals surface area contributed by atoms with Gasteiger partial charge in [0.1, 0.15) is 6.61 Å². The number of hydrogen-bond acceptors (Lipinski definition) is 8. The highest BCUT2D eigenvalue weighted by Gasteiger charge is 2.26. The largest absolute Gasteiger partial charge is 0.472 e. The number of nitrogens with two attached hydrogens (primary N) is 1. The Kier molecular flexibility index (Phi) is 70.2. The predicted octanol–water partition coefficient (Wildman–Crippen LogP) is 24.3. The topological polar surface area (TPSA) is 134 Å². The number of allylic oxidation sites excluding steroid dienone is 30. The summed E-state index contributed by atoms with van der Waals surface area (Å²) in [6, 6.07) is 0. The van der Waals surface area contributed by atoms with E-state index in [9.17, 15) is 19.0 Å². The van der Waals surface area contributed by atoms with E-state index in [1.54, 1.807) is 0 Å². The summed E-state index contributed by atoms with van der Waals surface area (Å²) in [5, 5.41) is 0. The molecule has 2 unspecified atom stereocenters. The lowest BCUT2D eigenvalue weighted by atomic mass is 10.0. The number of carbonyl (C=O) groups is 2. The van der Waals surface area contributed by atoms with E-state index in [0.717, 1.165) is 148 Å². The van der Waals surface area contributed by atoms with E-state index in [-0.39, 0.29) is 38.6 Å². The molecule has 0 amide bonds. The fraction of sp³-hybridized carbons (Fsp3) is 0.605. The molecule has 0 radical (unpaired) electrons. The number of unbranched alkanes of at least 4 members (excludes halogenated alkanes) is 23. The average Bonchev–Trinajstić information content (AvgIpc) is 3.74. The molecule has 0 fully saturated rings. The Bertz CT molecular complexity index is 2150. The zero-order chi connectivity index (χ0) is 65.8. The van der Waals surface area contributed by atoms with Crippen molar-refractivity contribution in [3.63, 3.8) is 0 Å². The zero-order valence-corrected chi connectivity index (χ0v) is 58.6. The SMILES string of the molecule is CC/C=C\C/C=C\C/C=C\C/C=C\C/C=C\C/C=C\C/C=C\C/C=C\C/C=C\CCCCCCCC(=O)OC(COC(=O)CCCCCCCCCCCCCCCCCCCC/C=C\C/C=C\C/C=C\C/C=C\C/C=C\C/C=C\CC)COP(=O)(O)OCCN. The number of carbonyl (C=O) groups excluding carboxylic acids is 2. The highest BCUT2D eigenvalue weighted by atomic mass is 31.2. The molecule has 0 aromatic carbocycles. The summed E-state index contributed by atoms with van der Waals surface area (Å²) in [4.78, 5) is 35.4. The maximum Gasteiger partial charge on any atom is 0.472 e. The molecule has 0 rings (SSSR count). The summed E-state index contributed by atoms with van der Waals surface area (Å²) in [7, 11) is -4.41. The lowest BCUT2D eigenvalue weighted by Gasteiger charge is -2.19. The van der Waals surface area contributed by atoms with Gasteiger partial charge in [0.25, 0.3) is 0 Å². The molecule has 0 aromatic heterocycles. The molecular formula is C81H132NO8P. The van der Waals surface area contributed by atoms with Crippen LogP contribution in [0.15, 0.2) is 182 Å². The van der Waals surface area contributed by atoms with Gasteiger partial charge in [0.15, 0.2) is 6.10 Å². The van der Waals surface area contributed by atoms with Gasteiger partial charge in [-0.3, -0.25) is 18.6 Å². The first kappa shape index (κ1) is 86.1. The van der Waals surface area contributed by atoms with Crippen LogP contribution in [0, 0.1) is 0 Å². The molecule has 514 valence electrons. The monoisotopic (exact) mass is 1280 g/mol. The number of rotatable bonds is 66. The Morgan fingerprint density at radius 1 is 0.330 bits per heavy atom. The standard InChI is InChI=1S/C81H132NO8P/c1-3-5-7-9-11-13-15-17-19-21-23-25-27-29-31-33-35-37-38-39-40-42-43-45-47-49-51-53-55-57-59-61-63-65-67-69-71-73-80(83)87-77-79(78-89-91(85,86)88-76-75-82)90-81(84)74-72-70-68-66-64-62-60-58-56-54-52-50-48-46-44-41-36-34-32-30-28-26-24-22-20-18-16-14-12-10-8-6-4-2/h5-8,11-14,17-20,23-26,29-32,35-37,41,46,48,52,54,58,60,79H,3-4,9-10,15-16,21-22,27-28,33-34,38-40,42-45,47,49-51,53,55-57,59,61-78,82H2,1-2H3,(H,85,86)/b7-5-,8-6-,13-11-,14-12-,19-17-,20-18-,25-23-,26-24-,31-29-,32-30-,37-35-,41-36-,48-46-,54-52-,60-58-. The molecule has 0 aliphatic carbocycles. The normalized spacial score (nSPS) is 14.0. The highest BCUT2D eigenvalue weighted by molar-refractivity contribution is 7.47. The Morgan fingerprint density at radius 3 is 0.846 bits per heavy atom. The molecule has 10 heteroatoms.